The summed E-state index contributed by atoms with van der Waals surface area (Å²) in [5.41, 5.74) is 2.84. The first kappa shape index (κ1) is 17.8. The molecule has 2 aromatic rings. The van der Waals surface area contributed by atoms with Crippen molar-refractivity contribution < 1.29 is 15.0 Å². The molecular formula is C19H24N2O3. The van der Waals surface area contributed by atoms with Crippen molar-refractivity contribution >= 4 is 6.03 Å². The number of phenols is 1. The molecule has 0 radical (unpaired) electrons. The van der Waals surface area contributed by atoms with Gasteiger partial charge in [-0.05, 0) is 49.1 Å². The smallest absolute Gasteiger partial charge is 0.315 e. The maximum absolute atomic E-state index is 11.9. The van der Waals surface area contributed by atoms with E-state index in [2.05, 4.69) is 10.6 Å². The molecule has 5 nitrogen and oxygen atoms in total. The molecule has 0 aliphatic rings. The highest BCUT2D eigenvalue weighted by atomic mass is 16.3. The van der Waals surface area contributed by atoms with Gasteiger partial charge in [0.25, 0.3) is 0 Å². The number of aliphatic hydroxyl groups excluding tert-OH is 1. The standard InChI is InChI=1S/C19H24N2O3/c1-13-5-3-4-6-17(13)18(23)12-20-19(24)21-14(2)11-15-7-9-16(22)10-8-15/h3-10,14,18,22-23H,11-12H2,1-2H3,(H2,20,21,24). The van der Waals surface area contributed by atoms with E-state index in [0.29, 0.717) is 6.42 Å². The molecule has 0 spiro atoms. The van der Waals surface area contributed by atoms with Gasteiger partial charge in [-0.15, -0.1) is 0 Å². The van der Waals surface area contributed by atoms with E-state index in [1.54, 1.807) is 12.1 Å². The minimum atomic E-state index is -0.732. The molecule has 5 heteroatoms. The molecule has 0 heterocycles. The lowest BCUT2D eigenvalue weighted by Gasteiger charge is -2.17. The maximum Gasteiger partial charge on any atom is 0.315 e. The Morgan fingerprint density at radius 2 is 1.79 bits per heavy atom. The molecule has 0 saturated carbocycles. The third kappa shape index (κ3) is 5.28. The van der Waals surface area contributed by atoms with Crippen LogP contribution in [0.1, 0.15) is 29.7 Å². The molecule has 0 fully saturated rings. The lowest BCUT2D eigenvalue weighted by atomic mass is 10.0. The number of amides is 2. The summed E-state index contributed by atoms with van der Waals surface area (Å²) in [6, 6.07) is 14.1. The summed E-state index contributed by atoms with van der Waals surface area (Å²) in [6.45, 7) is 3.99. The fraction of sp³-hybridized carbons (Fsp3) is 0.316. The van der Waals surface area contributed by atoms with Gasteiger partial charge in [-0.3, -0.25) is 0 Å². The van der Waals surface area contributed by atoms with E-state index in [-0.39, 0.29) is 24.4 Å². The molecule has 0 bridgehead atoms. The van der Waals surface area contributed by atoms with Crippen molar-refractivity contribution in [2.75, 3.05) is 6.54 Å². The van der Waals surface area contributed by atoms with Gasteiger partial charge in [0.2, 0.25) is 0 Å². The highest BCUT2D eigenvalue weighted by Crippen LogP contribution is 2.16. The zero-order valence-electron chi connectivity index (χ0n) is 14.0. The third-order valence-corrected chi connectivity index (χ3v) is 3.86. The van der Waals surface area contributed by atoms with E-state index in [0.717, 1.165) is 16.7 Å². The van der Waals surface area contributed by atoms with Crippen molar-refractivity contribution in [1.82, 2.24) is 10.6 Å². The highest BCUT2D eigenvalue weighted by Gasteiger charge is 2.13. The molecule has 2 rings (SSSR count). The summed E-state index contributed by atoms with van der Waals surface area (Å²) in [4.78, 5) is 11.9. The molecule has 2 atom stereocenters. The predicted molar refractivity (Wildman–Crippen MR) is 93.9 cm³/mol. The quantitative estimate of drug-likeness (QED) is 0.658. The second-order valence-electron chi connectivity index (χ2n) is 6.00. The first-order valence-electron chi connectivity index (χ1n) is 8.01. The van der Waals surface area contributed by atoms with E-state index >= 15 is 0 Å². The number of carbonyl (C=O) groups is 1. The first-order chi connectivity index (χ1) is 11.5. The lowest BCUT2D eigenvalue weighted by Crippen LogP contribution is -2.43. The van der Waals surface area contributed by atoms with Gasteiger partial charge in [-0.2, -0.15) is 0 Å². The predicted octanol–water partition coefficient (Wildman–Crippen LogP) is 2.66. The number of aliphatic hydroxyl groups is 1. The van der Waals surface area contributed by atoms with E-state index < -0.39 is 6.10 Å². The number of hydrogen-bond donors (Lipinski definition) is 4. The number of benzene rings is 2. The Kier molecular flexibility index (Phi) is 6.21. The van der Waals surface area contributed by atoms with Crippen LogP contribution in [0, 0.1) is 6.92 Å². The van der Waals surface area contributed by atoms with Crippen molar-refractivity contribution in [3.8, 4) is 5.75 Å². The summed E-state index contributed by atoms with van der Waals surface area (Å²) in [5, 5.41) is 25.0. The molecule has 2 amide bonds. The summed E-state index contributed by atoms with van der Waals surface area (Å²) < 4.78 is 0. The number of rotatable bonds is 6. The molecule has 2 aromatic carbocycles. The van der Waals surface area contributed by atoms with E-state index in [1.165, 1.54) is 0 Å². The van der Waals surface area contributed by atoms with Crippen LogP contribution < -0.4 is 10.6 Å². The van der Waals surface area contributed by atoms with Gasteiger partial charge in [0.1, 0.15) is 5.75 Å². The summed E-state index contributed by atoms with van der Waals surface area (Å²) in [6.07, 6.45) is -0.0713. The second-order valence-corrected chi connectivity index (χ2v) is 6.00. The second kappa shape index (κ2) is 8.36. The lowest BCUT2D eigenvalue weighted by molar-refractivity contribution is 0.172. The molecule has 0 aromatic heterocycles. The van der Waals surface area contributed by atoms with Crippen molar-refractivity contribution in [1.29, 1.82) is 0 Å². The first-order valence-corrected chi connectivity index (χ1v) is 8.01. The molecule has 24 heavy (non-hydrogen) atoms. The van der Waals surface area contributed by atoms with Crippen molar-refractivity contribution in [2.45, 2.75) is 32.4 Å². The Morgan fingerprint density at radius 1 is 1.12 bits per heavy atom. The number of aromatic hydroxyl groups is 1. The van der Waals surface area contributed by atoms with Gasteiger partial charge in [-0.1, -0.05) is 36.4 Å². The van der Waals surface area contributed by atoms with E-state index in [1.807, 2.05) is 50.2 Å². The van der Waals surface area contributed by atoms with Gasteiger partial charge in [0.15, 0.2) is 0 Å². The average Bonchev–Trinajstić information content (AvgIpc) is 2.55. The Hall–Kier alpha value is -2.53. The Labute approximate surface area is 142 Å². The zero-order chi connectivity index (χ0) is 17.5. The molecule has 0 aliphatic carbocycles. The molecule has 128 valence electrons. The molecule has 0 saturated heterocycles. The molecule has 0 aliphatic heterocycles. The van der Waals surface area contributed by atoms with Crippen LogP contribution >= 0.6 is 0 Å². The van der Waals surface area contributed by atoms with Crippen molar-refractivity contribution in [2.24, 2.45) is 0 Å². The minimum absolute atomic E-state index is 0.0647. The normalized spacial score (nSPS) is 13.1. The summed E-state index contributed by atoms with van der Waals surface area (Å²) >= 11 is 0. The fourth-order valence-corrected chi connectivity index (χ4v) is 2.57. The minimum Gasteiger partial charge on any atom is -0.508 e. The van der Waals surface area contributed by atoms with Crippen molar-refractivity contribution in [3.05, 3.63) is 65.2 Å². The van der Waals surface area contributed by atoms with Gasteiger partial charge < -0.3 is 20.8 Å². The van der Waals surface area contributed by atoms with Crippen molar-refractivity contribution in [3.63, 3.8) is 0 Å². The molecule has 2 unspecified atom stereocenters. The van der Waals surface area contributed by atoms with Gasteiger partial charge in [0, 0.05) is 12.6 Å². The van der Waals surface area contributed by atoms with Gasteiger partial charge >= 0.3 is 6.03 Å². The number of phenolic OH excluding ortho intramolecular Hbond substituents is 1. The van der Waals surface area contributed by atoms with Crippen LogP contribution in [0.25, 0.3) is 0 Å². The zero-order valence-corrected chi connectivity index (χ0v) is 14.0. The number of urea groups is 1. The summed E-state index contributed by atoms with van der Waals surface area (Å²) in [5.74, 6) is 0.224. The monoisotopic (exact) mass is 328 g/mol. The topological polar surface area (TPSA) is 81.6 Å². The van der Waals surface area contributed by atoms with Gasteiger partial charge in [0.05, 0.1) is 6.10 Å². The Bertz CT molecular complexity index is 671. The van der Waals surface area contributed by atoms with E-state index in [4.69, 9.17) is 0 Å². The molecular weight excluding hydrogens is 304 g/mol. The number of carbonyl (C=O) groups excluding carboxylic acids is 1. The maximum atomic E-state index is 11.9. The molecule has 4 N–H and O–H groups in total. The van der Waals surface area contributed by atoms with Crippen LogP contribution in [0.5, 0.6) is 5.75 Å². The Balaban J connectivity index is 1.78. The van der Waals surface area contributed by atoms with Crippen LogP contribution in [-0.4, -0.2) is 28.8 Å². The fourth-order valence-electron chi connectivity index (χ4n) is 2.57. The van der Waals surface area contributed by atoms with E-state index in [9.17, 15) is 15.0 Å². The number of aryl methyl sites for hydroxylation is 1. The number of nitrogens with one attached hydrogen (secondary N) is 2. The highest BCUT2D eigenvalue weighted by molar-refractivity contribution is 5.74. The van der Waals surface area contributed by atoms with Crippen LogP contribution in [0.15, 0.2) is 48.5 Å². The SMILES string of the molecule is Cc1ccccc1C(O)CNC(=O)NC(C)Cc1ccc(O)cc1. The van der Waals surface area contributed by atoms with Crippen LogP contribution in [0.2, 0.25) is 0 Å². The number of hydrogen-bond acceptors (Lipinski definition) is 3. The Morgan fingerprint density at radius 3 is 2.46 bits per heavy atom. The summed E-state index contributed by atoms with van der Waals surface area (Å²) in [7, 11) is 0. The largest absolute Gasteiger partial charge is 0.508 e. The van der Waals surface area contributed by atoms with Crippen LogP contribution in [-0.2, 0) is 6.42 Å². The van der Waals surface area contributed by atoms with Crippen LogP contribution in [0.4, 0.5) is 4.79 Å². The average molecular weight is 328 g/mol. The van der Waals surface area contributed by atoms with Gasteiger partial charge in [-0.25, -0.2) is 4.79 Å². The van der Waals surface area contributed by atoms with Crippen LogP contribution in [0.3, 0.4) is 0 Å². The third-order valence-electron chi connectivity index (χ3n) is 3.86.